The molecule has 11 heteroatoms. The summed E-state index contributed by atoms with van der Waals surface area (Å²) in [5.41, 5.74) is 0.336. The Labute approximate surface area is 250 Å². The van der Waals surface area contributed by atoms with Gasteiger partial charge in [-0.25, -0.2) is 9.69 Å². The highest BCUT2D eigenvalue weighted by Gasteiger charge is 2.67. The second-order valence-corrected chi connectivity index (χ2v) is 11.6. The van der Waals surface area contributed by atoms with E-state index in [1.54, 1.807) is 12.1 Å². The van der Waals surface area contributed by atoms with Gasteiger partial charge in [-0.1, -0.05) is 35.9 Å². The van der Waals surface area contributed by atoms with Crippen molar-refractivity contribution in [3.05, 3.63) is 105 Å². The molecule has 43 heavy (non-hydrogen) atoms. The van der Waals surface area contributed by atoms with E-state index in [2.05, 4.69) is 12.2 Å². The molecule has 0 aromatic heterocycles. The summed E-state index contributed by atoms with van der Waals surface area (Å²) in [4.78, 5) is 64.3. The highest BCUT2D eigenvalue weighted by Crippen LogP contribution is 2.65. The number of ether oxygens (including phenoxy) is 2. The standard InChI is InChI=1S/C32H23ClN2O8/c33-24-5-2-6-25(35(40)41)29(24)43-19-9-7-16(8-10-19)26(36)15-42-32(39)17-3-1-4-18(13-17)34-30(37)27-20-11-12-21(23-14-22(20)23)28(27)31(34)38/h1-13,20-23,27-28H,14-15H2/t20-,21-,22-,23-,27-,28+/m0/s1. The van der Waals surface area contributed by atoms with Crippen molar-refractivity contribution in [3.63, 3.8) is 0 Å². The number of esters is 1. The van der Waals surface area contributed by atoms with Crippen molar-refractivity contribution in [3.8, 4) is 11.5 Å². The van der Waals surface area contributed by atoms with Gasteiger partial charge in [-0.2, -0.15) is 0 Å². The largest absolute Gasteiger partial charge is 0.454 e. The molecule has 1 aliphatic heterocycles. The van der Waals surface area contributed by atoms with E-state index in [1.165, 1.54) is 59.5 Å². The highest BCUT2D eigenvalue weighted by molar-refractivity contribution is 6.32. The van der Waals surface area contributed by atoms with Gasteiger partial charge in [0, 0.05) is 11.6 Å². The van der Waals surface area contributed by atoms with Crippen LogP contribution in [0.4, 0.5) is 11.4 Å². The first-order valence-electron chi connectivity index (χ1n) is 13.8. The number of allylic oxidation sites excluding steroid dienone is 2. The molecule has 2 saturated carbocycles. The lowest BCUT2D eigenvalue weighted by Gasteiger charge is -2.37. The maximum atomic E-state index is 13.4. The van der Waals surface area contributed by atoms with Crippen molar-refractivity contribution in [1.82, 2.24) is 0 Å². The number of imide groups is 1. The minimum Gasteiger partial charge on any atom is -0.454 e. The molecule has 2 amide bonds. The third-order valence-corrected chi connectivity index (χ3v) is 9.17. The van der Waals surface area contributed by atoms with Gasteiger partial charge in [0.1, 0.15) is 5.75 Å². The summed E-state index contributed by atoms with van der Waals surface area (Å²) >= 11 is 6.07. The number of carbonyl (C=O) groups excluding carboxylic acids is 4. The number of hydrogen-bond acceptors (Lipinski definition) is 8. The summed E-state index contributed by atoms with van der Waals surface area (Å²) < 4.78 is 10.8. The zero-order valence-electron chi connectivity index (χ0n) is 22.4. The average Bonchev–Trinajstić information content (AvgIpc) is 3.79. The number of nitrogens with zero attached hydrogens (tertiary/aromatic N) is 2. The van der Waals surface area contributed by atoms with Crippen LogP contribution in [0.1, 0.15) is 27.1 Å². The van der Waals surface area contributed by atoms with Crippen molar-refractivity contribution in [2.75, 3.05) is 11.5 Å². The van der Waals surface area contributed by atoms with Gasteiger partial charge in [-0.3, -0.25) is 24.5 Å². The Balaban J connectivity index is 0.999. The van der Waals surface area contributed by atoms with Gasteiger partial charge in [-0.05, 0) is 78.6 Å². The molecule has 10 nitrogen and oxygen atoms in total. The Bertz CT molecular complexity index is 1720. The molecular weight excluding hydrogens is 576 g/mol. The summed E-state index contributed by atoms with van der Waals surface area (Å²) in [6, 6.07) is 16.0. The lowest BCUT2D eigenvalue weighted by molar-refractivity contribution is -0.385. The Morgan fingerprint density at radius 3 is 2.21 bits per heavy atom. The highest BCUT2D eigenvalue weighted by atomic mass is 35.5. The smallest absolute Gasteiger partial charge is 0.338 e. The molecule has 4 aliphatic carbocycles. The second-order valence-electron chi connectivity index (χ2n) is 11.2. The number of benzene rings is 3. The van der Waals surface area contributed by atoms with E-state index in [9.17, 15) is 29.3 Å². The summed E-state index contributed by atoms with van der Waals surface area (Å²) in [5.74, 6) is -1.17. The number of para-hydroxylation sites is 1. The topological polar surface area (TPSA) is 133 Å². The molecule has 3 aromatic carbocycles. The number of anilines is 1. The molecule has 1 saturated heterocycles. The zero-order valence-corrected chi connectivity index (χ0v) is 23.2. The number of amides is 2. The number of hydrogen-bond donors (Lipinski definition) is 0. The van der Waals surface area contributed by atoms with Crippen LogP contribution in [0.2, 0.25) is 5.02 Å². The fraction of sp³-hybridized carbons (Fsp3) is 0.250. The van der Waals surface area contributed by atoms with E-state index in [1.807, 2.05) is 0 Å². The van der Waals surface area contributed by atoms with E-state index < -0.39 is 23.3 Å². The molecule has 1 heterocycles. The number of rotatable bonds is 8. The Morgan fingerprint density at radius 2 is 1.56 bits per heavy atom. The molecular formula is C32H23ClN2O8. The molecule has 216 valence electrons. The lowest BCUT2D eigenvalue weighted by Crippen LogP contribution is -2.40. The van der Waals surface area contributed by atoms with Crippen molar-refractivity contribution in [2.24, 2.45) is 35.5 Å². The Hall–Kier alpha value is -4.83. The minimum atomic E-state index is -0.777. The zero-order chi connectivity index (χ0) is 30.0. The molecule has 2 bridgehead atoms. The quantitative estimate of drug-likeness (QED) is 0.0812. The third-order valence-electron chi connectivity index (χ3n) is 8.88. The molecule has 3 fully saturated rings. The molecule has 5 aliphatic rings. The van der Waals surface area contributed by atoms with Gasteiger partial charge >= 0.3 is 11.7 Å². The summed E-state index contributed by atoms with van der Waals surface area (Å²) in [6.45, 7) is -0.553. The normalized spacial score (nSPS) is 26.1. The second kappa shape index (κ2) is 10.2. The van der Waals surface area contributed by atoms with E-state index in [0.717, 1.165) is 6.42 Å². The molecule has 0 N–H and O–H groups in total. The van der Waals surface area contributed by atoms with E-state index in [0.29, 0.717) is 17.5 Å². The van der Waals surface area contributed by atoms with Gasteiger partial charge in [-0.15, -0.1) is 0 Å². The van der Waals surface area contributed by atoms with Gasteiger partial charge in [0.25, 0.3) is 0 Å². The van der Waals surface area contributed by atoms with Crippen LogP contribution in [0, 0.1) is 45.6 Å². The van der Waals surface area contributed by atoms with Crippen LogP contribution >= 0.6 is 11.6 Å². The van der Waals surface area contributed by atoms with Crippen LogP contribution in [0.15, 0.2) is 78.9 Å². The first-order chi connectivity index (χ1) is 20.7. The van der Waals surface area contributed by atoms with E-state index >= 15 is 0 Å². The summed E-state index contributed by atoms with van der Waals surface area (Å²) in [7, 11) is 0. The number of halogens is 1. The average molecular weight is 599 g/mol. The lowest BCUT2D eigenvalue weighted by atomic mass is 9.63. The van der Waals surface area contributed by atoms with Crippen LogP contribution in [0.5, 0.6) is 11.5 Å². The van der Waals surface area contributed by atoms with Crippen molar-refractivity contribution >= 4 is 46.5 Å². The number of Topliss-reactive ketones (excluding diaryl/α,β-unsaturated/α-hetero) is 1. The number of ketones is 1. The van der Waals surface area contributed by atoms with E-state index in [4.69, 9.17) is 21.1 Å². The van der Waals surface area contributed by atoms with Crippen molar-refractivity contribution in [2.45, 2.75) is 6.42 Å². The molecule has 0 radical (unpaired) electrons. The van der Waals surface area contributed by atoms with Gasteiger partial charge in [0.05, 0.1) is 33.0 Å². The first-order valence-corrected chi connectivity index (χ1v) is 14.2. The van der Waals surface area contributed by atoms with Crippen LogP contribution in [0.25, 0.3) is 0 Å². The Morgan fingerprint density at radius 1 is 0.907 bits per heavy atom. The van der Waals surface area contributed by atoms with Crippen LogP contribution in [-0.4, -0.2) is 35.1 Å². The number of nitro groups is 1. The SMILES string of the molecule is O=C(COC(=O)c1cccc(N2C(=O)[C@@H]3[C@H]4C=C[C@@H]([C@@H]5C[C@@H]45)[C@@H]3C2=O)c1)c1ccc(Oc2c(Cl)cccc2[N+](=O)[O-])cc1. The monoisotopic (exact) mass is 598 g/mol. The molecule has 0 spiro atoms. The van der Waals surface area contributed by atoms with E-state index in [-0.39, 0.29) is 68.8 Å². The minimum absolute atomic E-state index is 0.0581. The fourth-order valence-corrected chi connectivity index (χ4v) is 7.06. The summed E-state index contributed by atoms with van der Waals surface area (Å²) in [5, 5.41) is 11.3. The van der Waals surface area contributed by atoms with Crippen LogP contribution < -0.4 is 9.64 Å². The summed E-state index contributed by atoms with van der Waals surface area (Å²) in [6.07, 6.45) is 5.28. The van der Waals surface area contributed by atoms with Gasteiger partial charge in [0.2, 0.25) is 17.6 Å². The Kier molecular flexibility index (Phi) is 6.39. The number of carbonyl (C=O) groups is 4. The van der Waals surface area contributed by atoms with Gasteiger partial charge < -0.3 is 9.47 Å². The predicted octanol–water partition coefficient (Wildman–Crippen LogP) is 5.64. The molecule has 3 aromatic rings. The van der Waals surface area contributed by atoms with Crippen LogP contribution in [0.3, 0.4) is 0 Å². The number of nitro benzene ring substituents is 1. The predicted molar refractivity (Wildman–Crippen MR) is 153 cm³/mol. The molecule has 8 rings (SSSR count). The van der Waals surface area contributed by atoms with Gasteiger partial charge in [0.15, 0.2) is 12.4 Å². The fourth-order valence-electron chi connectivity index (χ4n) is 6.85. The van der Waals surface area contributed by atoms with Crippen molar-refractivity contribution < 1.29 is 33.6 Å². The molecule has 6 atom stereocenters. The third kappa shape index (κ3) is 4.49. The maximum Gasteiger partial charge on any atom is 0.338 e. The first kappa shape index (κ1) is 27.0. The maximum absolute atomic E-state index is 13.4. The van der Waals surface area contributed by atoms with Crippen LogP contribution in [-0.2, 0) is 14.3 Å². The molecule has 0 unspecified atom stereocenters. The van der Waals surface area contributed by atoms with Crippen molar-refractivity contribution in [1.29, 1.82) is 0 Å².